The summed E-state index contributed by atoms with van der Waals surface area (Å²) in [5.41, 5.74) is 0.392. The van der Waals surface area contributed by atoms with E-state index in [1.807, 2.05) is 13.8 Å². The topological polar surface area (TPSA) is 12.0 Å². The molecule has 0 fully saturated rings. The van der Waals surface area contributed by atoms with Crippen molar-refractivity contribution < 1.29 is 8.78 Å². The fraction of sp³-hybridized carbons (Fsp3) is 0.400. The van der Waals surface area contributed by atoms with E-state index >= 15 is 0 Å². The van der Waals surface area contributed by atoms with Crippen LogP contribution in [0, 0.1) is 11.6 Å². The van der Waals surface area contributed by atoms with Crippen molar-refractivity contribution in [2.45, 2.75) is 25.6 Å². The minimum Gasteiger partial charge on any atom is -0.261 e. The number of halogens is 2. The molecule has 78 valence electrons. The molecule has 0 aliphatic rings. The molecule has 0 amide bonds. The van der Waals surface area contributed by atoms with Crippen LogP contribution in [0.25, 0.3) is 0 Å². The van der Waals surface area contributed by atoms with Crippen LogP contribution >= 0.6 is 11.9 Å². The van der Waals surface area contributed by atoms with Crippen molar-refractivity contribution in [1.82, 2.24) is 4.72 Å². The molecule has 0 bridgehead atoms. The van der Waals surface area contributed by atoms with Gasteiger partial charge in [-0.25, -0.2) is 8.78 Å². The molecular weight excluding hydrogens is 204 g/mol. The van der Waals surface area contributed by atoms with Crippen LogP contribution in [0.15, 0.2) is 18.2 Å². The van der Waals surface area contributed by atoms with Crippen molar-refractivity contribution in [2.24, 2.45) is 0 Å². The summed E-state index contributed by atoms with van der Waals surface area (Å²) in [6.07, 6.45) is 0. The van der Waals surface area contributed by atoms with Gasteiger partial charge in [0.25, 0.3) is 0 Å². The summed E-state index contributed by atoms with van der Waals surface area (Å²) < 4.78 is 28.9. The second-order valence-electron chi connectivity index (χ2n) is 3.27. The average Bonchev–Trinajstić information content (AvgIpc) is 2.12. The van der Waals surface area contributed by atoms with Gasteiger partial charge in [0.05, 0.1) is 0 Å². The van der Waals surface area contributed by atoms with Crippen LogP contribution in [0.5, 0.6) is 0 Å². The molecule has 0 atom stereocenters. The van der Waals surface area contributed by atoms with Crippen molar-refractivity contribution in [1.29, 1.82) is 0 Å². The number of hydrogen-bond acceptors (Lipinski definition) is 2. The van der Waals surface area contributed by atoms with E-state index in [0.717, 1.165) is 6.07 Å². The standard InChI is InChI=1S/C10H13F2NS/c1-7(2)13-14-6-8-4-3-5-9(11)10(8)12/h3-5,7,13H,6H2,1-2H3. The van der Waals surface area contributed by atoms with Gasteiger partial charge in [0.1, 0.15) is 0 Å². The molecule has 0 aromatic heterocycles. The van der Waals surface area contributed by atoms with Gasteiger partial charge in [-0.15, -0.1) is 0 Å². The molecule has 0 heterocycles. The van der Waals surface area contributed by atoms with Crippen LogP contribution in [0.1, 0.15) is 19.4 Å². The monoisotopic (exact) mass is 217 g/mol. The lowest BCUT2D eigenvalue weighted by Crippen LogP contribution is -2.14. The molecule has 1 aromatic rings. The minimum absolute atomic E-state index is 0.330. The number of hydrogen-bond donors (Lipinski definition) is 1. The van der Waals surface area contributed by atoms with Gasteiger partial charge in [-0.1, -0.05) is 24.1 Å². The molecular formula is C10H13F2NS. The van der Waals surface area contributed by atoms with Gasteiger partial charge in [0.15, 0.2) is 11.6 Å². The molecule has 0 aliphatic carbocycles. The summed E-state index contributed by atoms with van der Waals surface area (Å²) in [7, 11) is 0. The molecule has 0 saturated heterocycles. The van der Waals surface area contributed by atoms with Crippen molar-refractivity contribution in [3.8, 4) is 0 Å². The first-order valence-electron chi connectivity index (χ1n) is 4.41. The van der Waals surface area contributed by atoms with Gasteiger partial charge in [-0.3, -0.25) is 4.72 Å². The Labute approximate surface area is 87.0 Å². The maximum Gasteiger partial charge on any atom is 0.162 e. The zero-order valence-electron chi connectivity index (χ0n) is 8.18. The highest BCUT2D eigenvalue weighted by Crippen LogP contribution is 2.16. The third-order valence-corrected chi connectivity index (χ3v) is 2.67. The largest absolute Gasteiger partial charge is 0.261 e. The molecule has 1 N–H and O–H groups in total. The van der Waals surface area contributed by atoms with E-state index in [0.29, 0.717) is 17.4 Å². The van der Waals surface area contributed by atoms with E-state index in [9.17, 15) is 8.78 Å². The molecule has 4 heteroatoms. The molecule has 1 rings (SSSR count). The quantitative estimate of drug-likeness (QED) is 0.778. The lowest BCUT2D eigenvalue weighted by atomic mass is 10.2. The van der Waals surface area contributed by atoms with E-state index in [4.69, 9.17) is 0 Å². The van der Waals surface area contributed by atoms with E-state index in [1.165, 1.54) is 18.0 Å². The van der Waals surface area contributed by atoms with Crippen molar-refractivity contribution in [2.75, 3.05) is 0 Å². The Kier molecular flexibility index (Phi) is 4.35. The summed E-state index contributed by atoms with van der Waals surface area (Å²) in [6, 6.07) is 4.56. The highest BCUT2D eigenvalue weighted by molar-refractivity contribution is 7.96. The summed E-state index contributed by atoms with van der Waals surface area (Å²) in [4.78, 5) is 0. The van der Waals surface area contributed by atoms with Crippen molar-refractivity contribution in [3.63, 3.8) is 0 Å². The number of rotatable bonds is 4. The highest BCUT2D eigenvalue weighted by Gasteiger charge is 2.07. The first-order chi connectivity index (χ1) is 6.61. The Hall–Kier alpha value is -0.610. The summed E-state index contributed by atoms with van der Waals surface area (Å²) >= 11 is 1.38. The van der Waals surface area contributed by atoms with Crippen LogP contribution in [-0.2, 0) is 5.75 Å². The summed E-state index contributed by atoms with van der Waals surface area (Å²) in [6.45, 7) is 3.99. The van der Waals surface area contributed by atoms with Crippen LogP contribution in [0.2, 0.25) is 0 Å². The predicted molar refractivity (Wildman–Crippen MR) is 55.9 cm³/mol. The molecule has 1 nitrogen and oxygen atoms in total. The van der Waals surface area contributed by atoms with Gasteiger partial charge < -0.3 is 0 Å². The molecule has 14 heavy (non-hydrogen) atoms. The SMILES string of the molecule is CC(C)NSCc1cccc(F)c1F. The van der Waals surface area contributed by atoms with Crippen LogP contribution in [0.4, 0.5) is 8.78 Å². The normalized spacial score (nSPS) is 10.9. The molecule has 0 spiro atoms. The molecule has 1 aromatic carbocycles. The number of nitrogens with one attached hydrogen (secondary N) is 1. The van der Waals surface area contributed by atoms with Gasteiger partial charge >= 0.3 is 0 Å². The van der Waals surface area contributed by atoms with Crippen LogP contribution in [-0.4, -0.2) is 6.04 Å². The maximum absolute atomic E-state index is 13.1. The van der Waals surface area contributed by atoms with Gasteiger partial charge in [-0.05, 0) is 19.9 Å². The van der Waals surface area contributed by atoms with Crippen molar-refractivity contribution in [3.05, 3.63) is 35.4 Å². The first-order valence-corrected chi connectivity index (χ1v) is 5.40. The Bertz CT molecular complexity index is 302. The zero-order valence-corrected chi connectivity index (χ0v) is 9.00. The van der Waals surface area contributed by atoms with Gasteiger partial charge in [0, 0.05) is 17.4 Å². The molecule has 0 saturated carbocycles. The number of benzene rings is 1. The highest BCUT2D eigenvalue weighted by atomic mass is 32.2. The Balaban J connectivity index is 2.54. The first kappa shape index (κ1) is 11.5. The second-order valence-corrected chi connectivity index (χ2v) is 4.09. The minimum atomic E-state index is -0.785. The van der Waals surface area contributed by atoms with Gasteiger partial charge in [-0.2, -0.15) is 0 Å². The third-order valence-electron chi connectivity index (χ3n) is 1.58. The van der Waals surface area contributed by atoms with Crippen LogP contribution < -0.4 is 4.72 Å². The molecule has 0 radical (unpaired) electrons. The summed E-state index contributed by atoms with van der Waals surface area (Å²) in [5.74, 6) is -1.10. The van der Waals surface area contributed by atoms with E-state index in [-0.39, 0.29) is 0 Å². The Morgan fingerprint density at radius 1 is 1.36 bits per heavy atom. The Morgan fingerprint density at radius 2 is 2.07 bits per heavy atom. The molecule has 0 unspecified atom stereocenters. The second kappa shape index (κ2) is 5.32. The van der Waals surface area contributed by atoms with Crippen molar-refractivity contribution >= 4 is 11.9 Å². The Morgan fingerprint density at radius 3 is 2.71 bits per heavy atom. The van der Waals surface area contributed by atoms with E-state index in [1.54, 1.807) is 6.07 Å². The van der Waals surface area contributed by atoms with Gasteiger partial charge in [0.2, 0.25) is 0 Å². The van der Waals surface area contributed by atoms with E-state index < -0.39 is 11.6 Å². The lowest BCUT2D eigenvalue weighted by Gasteiger charge is -2.07. The summed E-state index contributed by atoms with van der Waals surface area (Å²) in [5, 5.41) is 0. The predicted octanol–water partition coefficient (Wildman–Crippen LogP) is 3.11. The third kappa shape index (κ3) is 3.27. The average molecular weight is 217 g/mol. The van der Waals surface area contributed by atoms with E-state index in [2.05, 4.69) is 4.72 Å². The van der Waals surface area contributed by atoms with Crippen LogP contribution in [0.3, 0.4) is 0 Å². The fourth-order valence-corrected chi connectivity index (χ4v) is 1.74. The molecule has 0 aliphatic heterocycles. The fourth-order valence-electron chi connectivity index (χ4n) is 0.946. The maximum atomic E-state index is 13.1. The smallest absolute Gasteiger partial charge is 0.162 e. The zero-order chi connectivity index (χ0) is 10.6. The lowest BCUT2D eigenvalue weighted by molar-refractivity contribution is 0.502.